The van der Waals surface area contributed by atoms with Gasteiger partial charge in [0, 0.05) is 10.9 Å². The number of hydrogen-bond donors (Lipinski definition) is 1. The summed E-state index contributed by atoms with van der Waals surface area (Å²) < 4.78 is 27.7. The molecule has 1 N–H and O–H groups in total. The number of ether oxygens (including phenoxy) is 1. The number of sulfone groups is 1. The molecule has 0 aromatic heterocycles. The van der Waals surface area contributed by atoms with Crippen LogP contribution in [0.1, 0.15) is 6.42 Å². The van der Waals surface area contributed by atoms with Gasteiger partial charge in [-0.15, -0.1) is 11.8 Å². The number of carbonyl (C=O) groups is 2. The lowest BCUT2D eigenvalue weighted by atomic mass is 10.1. The number of thioether (sulfide) groups is 1. The number of rotatable bonds is 6. The Morgan fingerprint density at radius 1 is 1.15 bits per heavy atom. The minimum Gasteiger partial charge on any atom is -0.455 e. The smallest absolute Gasteiger partial charge is 0.316 e. The molecular weight excluding hydrogens is 374 g/mol. The molecule has 1 amide bonds. The van der Waals surface area contributed by atoms with Gasteiger partial charge in [-0.1, -0.05) is 30.3 Å². The van der Waals surface area contributed by atoms with Gasteiger partial charge >= 0.3 is 5.97 Å². The summed E-state index contributed by atoms with van der Waals surface area (Å²) in [6.07, 6.45) is 0.403. The van der Waals surface area contributed by atoms with Gasteiger partial charge in [0.1, 0.15) is 0 Å². The summed E-state index contributed by atoms with van der Waals surface area (Å²) in [7, 11) is -3.05. The zero-order valence-corrected chi connectivity index (χ0v) is 15.6. The summed E-state index contributed by atoms with van der Waals surface area (Å²) >= 11 is 1.34. The van der Waals surface area contributed by atoms with E-state index in [1.807, 2.05) is 42.5 Å². The molecule has 1 atom stereocenters. The SMILES string of the molecule is O=C(COC(=O)CSc1ccc2ccccc2c1)N[C@@H]1CCS(=O)(=O)C1. The normalized spacial score (nSPS) is 18.5. The maximum Gasteiger partial charge on any atom is 0.316 e. The van der Waals surface area contributed by atoms with E-state index in [-0.39, 0.29) is 17.3 Å². The number of fused-ring (bicyclic) bond motifs is 1. The molecular formula is C18H19NO5S2. The van der Waals surface area contributed by atoms with E-state index in [9.17, 15) is 18.0 Å². The van der Waals surface area contributed by atoms with E-state index in [0.717, 1.165) is 15.7 Å². The predicted octanol–water partition coefficient (Wildman–Crippen LogP) is 1.78. The number of nitrogens with one attached hydrogen (secondary N) is 1. The van der Waals surface area contributed by atoms with E-state index in [1.54, 1.807) is 0 Å². The van der Waals surface area contributed by atoms with E-state index in [4.69, 9.17) is 4.74 Å². The fourth-order valence-corrected chi connectivity index (χ4v) is 5.18. The van der Waals surface area contributed by atoms with Crippen molar-refractivity contribution in [2.75, 3.05) is 23.9 Å². The lowest BCUT2D eigenvalue weighted by molar-refractivity contribution is -0.146. The molecule has 26 heavy (non-hydrogen) atoms. The van der Waals surface area contributed by atoms with Crippen molar-refractivity contribution in [3.63, 3.8) is 0 Å². The Morgan fingerprint density at radius 2 is 1.92 bits per heavy atom. The Labute approximate surface area is 156 Å². The molecule has 0 radical (unpaired) electrons. The highest BCUT2D eigenvalue weighted by molar-refractivity contribution is 8.00. The Balaban J connectivity index is 1.41. The molecule has 0 spiro atoms. The first-order chi connectivity index (χ1) is 12.4. The molecule has 3 rings (SSSR count). The van der Waals surface area contributed by atoms with Crippen LogP contribution in [0.2, 0.25) is 0 Å². The minimum absolute atomic E-state index is 0.0511. The van der Waals surface area contributed by atoms with Gasteiger partial charge in [-0.2, -0.15) is 0 Å². The van der Waals surface area contributed by atoms with Crippen molar-refractivity contribution < 1.29 is 22.7 Å². The lowest BCUT2D eigenvalue weighted by Gasteiger charge is -2.11. The van der Waals surface area contributed by atoms with Crippen LogP contribution in [0.15, 0.2) is 47.4 Å². The Bertz CT molecular complexity index is 926. The molecule has 0 unspecified atom stereocenters. The van der Waals surface area contributed by atoms with Gasteiger partial charge in [0.2, 0.25) is 0 Å². The highest BCUT2D eigenvalue weighted by atomic mass is 32.2. The number of carbonyl (C=O) groups excluding carboxylic acids is 2. The van der Waals surface area contributed by atoms with Crippen LogP contribution in [0.3, 0.4) is 0 Å². The molecule has 1 aliphatic rings. The van der Waals surface area contributed by atoms with Gasteiger partial charge in [0.15, 0.2) is 16.4 Å². The van der Waals surface area contributed by atoms with Crippen LogP contribution < -0.4 is 5.32 Å². The maximum atomic E-state index is 11.8. The van der Waals surface area contributed by atoms with E-state index in [0.29, 0.717) is 6.42 Å². The second kappa shape index (κ2) is 8.09. The van der Waals surface area contributed by atoms with Crippen LogP contribution in [0.4, 0.5) is 0 Å². The molecule has 1 fully saturated rings. The second-order valence-electron chi connectivity index (χ2n) is 6.13. The van der Waals surface area contributed by atoms with Crippen molar-refractivity contribution in [1.82, 2.24) is 5.32 Å². The fourth-order valence-electron chi connectivity index (χ4n) is 2.77. The Hall–Kier alpha value is -2.06. The highest BCUT2D eigenvalue weighted by Gasteiger charge is 2.29. The number of hydrogen-bond acceptors (Lipinski definition) is 6. The predicted molar refractivity (Wildman–Crippen MR) is 101 cm³/mol. The van der Waals surface area contributed by atoms with Gasteiger partial charge in [-0.25, -0.2) is 8.42 Å². The minimum atomic E-state index is -3.05. The largest absolute Gasteiger partial charge is 0.455 e. The number of esters is 1. The van der Waals surface area contributed by atoms with Crippen molar-refractivity contribution >= 4 is 44.2 Å². The summed E-state index contributed by atoms with van der Waals surface area (Å²) in [5.74, 6) is -0.831. The van der Waals surface area contributed by atoms with Crippen molar-refractivity contribution in [3.05, 3.63) is 42.5 Å². The molecule has 0 aliphatic carbocycles. The Morgan fingerprint density at radius 3 is 2.65 bits per heavy atom. The molecule has 1 heterocycles. The van der Waals surface area contributed by atoms with Gasteiger partial charge in [-0.05, 0) is 29.3 Å². The first-order valence-corrected chi connectivity index (χ1v) is 11.0. The standard InChI is InChI=1S/C18H19NO5S2/c20-17(19-15-7-8-26(22,23)12-15)10-24-18(21)11-25-16-6-5-13-3-1-2-4-14(13)9-16/h1-6,9,15H,7-8,10-12H2,(H,19,20)/t15-/m1/s1. The molecule has 2 aromatic carbocycles. The van der Waals surface area contributed by atoms with Crippen LogP contribution in [-0.2, 0) is 24.2 Å². The number of amides is 1. The Kier molecular flexibility index (Phi) is 5.83. The van der Waals surface area contributed by atoms with Crippen molar-refractivity contribution in [2.24, 2.45) is 0 Å². The topological polar surface area (TPSA) is 89.5 Å². The van der Waals surface area contributed by atoms with Crippen molar-refractivity contribution in [2.45, 2.75) is 17.4 Å². The zero-order valence-electron chi connectivity index (χ0n) is 14.0. The van der Waals surface area contributed by atoms with Crippen molar-refractivity contribution in [1.29, 1.82) is 0 Å². The summed E-state index contributed by atoms with van der Waals surface area (Å²) in [6.45, 7) is -0.395. The average Bonchev–Trinajstić information content (AvgIpc) is 2.96. The average molecular weight is 393 g/mol. The van der Waals surface area contributed by atoms with Crippen LogP contribution in [0.5, 0.6) is 0 Å². The van der Waals surface area contributed by atoms with Crippen molar-refractivity contribution in [3.8, 4) is 0 Å². The quantitative estimate of drug-likeness (QED) is 0.594. The van der Waals surface area contributed by atoms with Crippen LogP contribution in [0, 0.1) is 0 Å². The molecule has 2 aromatic rings. The lowest BCUT2D eigenvalue weighted by Crippen LogP contribution is -2.38. The monoisotopic (exact) mass is 393 g/mol. The third-order valence-corrected chi connectivity index (χ3v) is 6.77. The zero-order chi connectivity index (χ0) is 18.6. The van der Waals surface area contributed by atoms with E-state index < -0.39 is 34.4 Å². The highest BCUT2D eigenvalue weighted by Crippen LogP contribution is 2.23. The van der Waals surface area contributed by atoms with Gasteiger partial charge in [0.05, 0.1) is 17.3 Å². The molecule has 6 nitrogen and oxygen atoms in total. The maximum absolute atomic E-state index is 11.8. The van der Waals surface area contributed by atoms with Gasteiger partial charge in [-0.3, -0.25) is 9.59 Å². The molecule has 8 heteroatoms. The van der Waals surface area contributed by atoms with E-state index in [1.165, 1.54) is 11.8 Å². The second-order valence-corrected chi connectivity index (χ2v) is 9.40. The number of benzene rings is 2. The van der Waals surface area contributed by atoms with Crippen LogP contribution in [-0.4, -0.2) is 50.2 Å². The fraction of sp³-hybridized carbons (Fsp3) is 0.333. The third kappa shape index (κ3) is 5.22. The third-order valence-electron chi connectivity index (χ3n) is 4.04. The molecule has 0 bridgehead atoms. The molecule has 0 saturated carbocycles. The molecule has 1 aliphatic heterocycles. The van der Waals surface area contributed by atoms with Crippen LogP contribution in [0.25, 0.3) is 10.8 Å². The summed E-state index contributed by atoms with van der Waals surface area (Å²) in [5, 5.41) is 4.81. The van der Waals surface area contributed by atoms with Gasteiger partial charge < -0.3 is 10.1 Å². The summed E-state index contributed by atoms with van der Waals surface area (Å²) in [6, 6.07) is 13.5. The summed E-state index contributed by atoms with van der Waals surface area (Å²) in [5.41, 5.74) is 0. The first-order valence-electron chi connectivity index (χ1n) is 8.18. The van der Waals surface area contributed by atoms with E-state index in [2.05, 4.69) is 5.32 Å². The van der Waals surface area contributed by atoms with E-state index >= 15 is 0 Å². The molecule has 1 saturated heterocycles. The summed E-state index contributed by atoms with van der Waals surface area (Å²) in [4.78, 5) is 24.5. The first kappa shape index (κ1) is 18.7. The van der Waals surface area contributed by atoms with Crippen LogP contribution >= 0.6 is 11.8 Å². The molecule has 138 valence electrons. The van der Waals surface area contributed by atoms with Gasteiger partial charge in [0.25, 0.3) is 5.91 Å².